The summed E-state index contributed by atoms with van der Waals surface area (Å²) in [4.78, 5) is 21.8. The molecule has 4 nitrogen and oxygen atoms in total. The molecule has 0 fully saturated rings. The van der Waals surface area contributed by atoms with Gasteiger partial charge in [-0.2, -0.15) is 0 Å². The molecule has 0 unspecified atom stereocenters. The molecule has 0 radical (unpaired) electrons. The van der Waals surface area contributed by atoms with Gasteiger partial charge < -0.3 is 10.1 Å². The number of alkyl carbamates (subject to hydrolysis) is 1. The Morgan fingerprint density at radius 2 is 1.93 bits per heavy atom. The van der Waals surface area contributed by atoms with E-state index in [9.17, 15) is 9.59 Å². The fourth-order valence-electron chi connectivity index (χ4n) is 0.685. The van der Waals surface area contributed by atoms with Crippen LogP contribution in [-0.4, -0.2) is 29.9 Å². The lowest BCUT2D eigenvalue weighted by Gasteiger charge is -2.19. The van der Waals surface area contributed by atoms with Gasteiger partial charge in [-0.1, -0.05) is 0 Å². The maximum Gasteiger partial charge on any atom is 0.407 e. The topological polar surface area (TPSA) is 55.4 Å². The van der Waals surface area contributed by atoms with Crippen LogP contribution in [0.25, 0.3) is 0 Å². The van der Waals surface area contributed by atoms with Gasteiger partial charge in [-0.15, -0.1) is 11.6 Å². The molecule has 14 heavy (non-hydrogen) atoms. The van der Waals surface area contributed by atoms with E-state index in [1.807, 2.05) is 0 Å². The number of hydrogen-bond acceptors (Lipinski definition) is 3. The van der Waals surface area contributed by atoms with E-state index in [2.05, 4.69) is 5.32 Å². The molecule has 0 aromatic heterocycles. The maximum atomic E-state index is 11.1. The summed E-state index contributed by atoms with van der Waals surface area (Å²) in [6, 6.07) is 0. The number of alkyl halides is 1. The summed E-state index contributed by atoms with van der Waals surface area (Å²) in [6.07, 6.45) is -0.275. The van der Waals surface area contributed by atoms with Crippen LogP contribution in [0.3, 0.4) is 0 Å². The van der Waals surface area contributed by atoms with Crippen LogP contribution in [-0.2, 0) is 9.53 Å². The molecular weight excluding hydrogens is 206 g/mol. The number of nitrogens with one attached hydrogen (secondary N) is 1. The van der Waals surface area contributed by atoms with Gasteiger partial charge in [0.25, 0.3) is 0 Å². The number of ether oxygens (including phenoxy) is 1. The van der Waals surface area contributed by atoms with Crippen LogP contribution < -0.4 is 5.32 Å². The van der Waals surface area contributed by atoms with Crippen LogP contribution in [0.1, 0.15) is 27.2 Å². The van der Waals surface area contributed by atoms with Crippen LogP contribution >= 0.6 is 11.6 Å². The molecule has 1 N–H and O–H groups in total. The van der Waals surface area contributed by atoms with Crippen molar-refractivity contribution in [3.63, 3.8) is 0 Å². The molecule has 0 spiro atoms. The fraction of sp³-hybridized carbons (Fsp3) is 0.778. The molecule has 0 rings (SSSR count). The second-order valence-electron chi connectivity index (χ2n) is 3.85. The van der Waals surface area contributed by atoms with Crippen LogP contribution in [0.4, 0.5) is 4.79 Å². The molecule has 0 saturated carbocycles. The lowest BCUT2D eigenvalue weighted by atomic mass is 10.2. The van der Waals surface area contributed by atoms with Gasteiger partial charge in [-0.25, -0.2) is 4.79 Å². The van der Waals surface area contributed by atoms with Crippen molar-refractivity contribution in [2.75, 3.05) is 12.4 Å². The number of amides is 1. The molecule has 82 valence electrons. The van der Waals surface area contributed by atoms with Gasteiger partial charge in [0, 0.05) is 13.0 Å². The third kappa shape index (κ3) is 7.86. The van der Waals surface area contributed by atoms with E-state index in [1.54, 1.807) is 20.8 Å². The van der Waals surface area contributed by atoms with Gasteiger partial charge >= 0.3 is 6.09 Å². The van der Waals surface area contributed by atoms with Gasteiger partial charge in [0.15, 0.2) is 0 Å². The quantitative estimate of drug-likeness (QED) is 0.736. The molecule has 0 saturated heterocycles. The van der Waals surface area contributed by atoms with E-state index < -0.39 is 11.7 Å². The van der Waals surface area contributed by atoms with Crippen molar-refractivity contribution in [1.82, 2.24) is 5.32 Å². The molecule has 5 heteroatoms. The van der Waals surface area contributed by atoms with Crippen LogP contribution in [0.15, 0.2) is 0 Å². The highest BCUT2D eigenvalue weighted by Gasteiger charge is 2.15. The average molecular weight is 222 g/mol. The maximum absolute atomic E-state index is 11.1. The van der Waals surface area contributed by atoms with E-state index in [1.165, 1.54) is 0 Å². The molecule has 1 amide bonds. The van der Waals surface area contributed by atoms with Crippen molar-refractivity contribution in [3.05, 3.63) is 0 Å². The molecular formula is C9H16ClNO3. The number of carbonyl (C=O) groups excluding carboxylic acids is 2. The smallest absolute Gasteiger partial charge is 0.407 e. The Hall–Kier alpha value is -0.770. The monoisotopic (exact) mass is 221 g/mol. The van der Waals surface area contributed by atoms with Gasteiger partial charge in [0.05, 0.1) is 5.88 Å². The van der Waals surface area contributed by atoms with E-state index in [-0.39, 0.29) is 24.6 Å². The van der Waals surface area contributed by atoms with Crippen molar-refractivity contribution >= 4 is 23.5 Å². The summed E-state index contributed by atoms with van der Waals surface area (Å²) in [5, 5.41) is 2.46. The van der Waals surface area contributed by atoms with Crippen molar-refractivity contribution < 1.29 is 14.3 Å². The second-order valence-corrected chi connectivity index (χ2v) is 4.12. The zero-order valence-corrected chi connectivity index (χ0v) is 9.48. The normalized spacial score (nSPS) is 10.9. The number of carbonyl (C=O) groups is 2. The summed E-state index contributed by atoms with van der Waals surface area (Å²) < 4.78 is 4.96. The first-order valence-corrected chi connectivity index (χ1v) is 4.93. The zero-order chi connectivity index (χ0) is 11.2. The number of Topliss-reactive ketones (excluding diaryl/α,β-unsaturated/α-hetero) is 1. The number of hydrogen-bond donors (Lipinski definition) is 1. The summed E-state index contributed by atoms with van der Waals surface area (Å²) in [6.45, 7) is 5.59. The first-order chi connectivity index (χ1) is 6.35. The Balaban J connectivity index is 3.60. The van der Waals surface area contributed by atoms with Gasteiger partial charge in [0.1, 0.15) is 11.4 Å². The van der Waals surface area contributed by atoms with Crippen molar-refractivity contribution in [2.45, 2.75) is 32.8 Å². The summed E-state index contributed by atoms with van der Waals surface area (Å²) >= 11 is 5.28. The summed E-state index contributed by atoms with van der Waals surface area (Å²) in [7, 11) is 0. The molecule has 0 aliphatic heterocycles. The highest BCUT2D eigenvalue weighted by atomic mass is 35.5. The predicted octanol–water partition coefficient (Wildman–Crippen LogP) is 1.71. The Morgan fingerprint density at radius 1 is 1.36 bits per heavy atom. The van der Waals surface area contributed by atoms with E-state index in [0.717, 1.165) is 0 Å². The number of ketones is 1. The number of rotatable bonds is 4. The standard InChI is InChI=1S/C9H16ClNO3/c1-9(2,3)14-8(13)11-5-4-7(12)6-10/h4-6H2,1-3H3,(H,11,13). The lowest BCUT2D eigenvalue weighted by Crippen LogP contribution is -2.33. The first kappa shape index (κ1) is 13.2. The summed E-state index contributed by atoms with van der Waals surface area (Å²) in [5.41, 5.74) is -0.513. The van der Waals surface area contributed by atoms with Gasteiger partial charge in [-0.05, 0) is 20.8 Å². The SMILES string of the molecule is CC(C)(C)OC(=O)NCCC(=O)CCl. The molecule has 0 atom stereocenters. The molecule has 0 aliphatic carbocycles. The van der Waals surface area contributed by atoms with Crippen molar-refractivity contribution in [3.8, 4) is 0 Å². The predicted molar refractivity (Wildman–Crippen MR) is 54.6 cm³/mol. The van der Waals surface area contributed by atoms with Crippen LogP contribution in [0.2, 0.25) is 0 Å². The van der Waals surface area contributed by atoms with E-state index in [0.29, 0.717) is 0 Å². The van der Waals surface area contributed by atoms with Crippen molar-refractivity contribution in [1.29, 1.82) is 0 Å². The molecule has 0 aromatic rings. The second kappa shape index (κ2) is 5.86. The Labute approximate surface area is 88.9 Å². The largest absolute Gasteiger partial charge is 0.444 e. The third-order valence-corrected chi connectivity index (χ3v) is 1.52. The average Bonchev–Trinajstić information content (AvgIpc) is 2.00. The van der Waals surface area contributed by atoms with Gasteiger partial charge in [-0.3, -0.25) is 4.79 Å². The molecule has 0 bridgehead atoms. The highest BCUT2D eigenvalue weighted by Crippen LogP contribution is 2.06. The Bertz CT molecular complexity index is 211. The minimum atomic E-state index is -0.514. The third-order valence-electron chi connectivity index (χ3n) is 1.22. The Kier molecular flexibility index (Phi) is 5.53. The fourth-order valence-corrected chi connectivity index (χ4v) is 0.819. The van der Waals surface area contributed by atoms with E-state index in [4.69, 9.17) is 16.3 Å². The van der Waals surface area contributed by atoms with E-state index >= 15 is 0 Å². The number of halogens is 1. The summed E-state index contributed by atoms with van der Waals surface area (Å²) in [5.74, 6) is -0.113. The zero-order valence-electron chi connectivity index (χ0n) is 8.72. The van der Waals surface area contributed by atoms with Gasteiger partial charge in [0.2, 0.25) is 0 Å². The van der Waals surface area contributed by atoms with Crippen LogP contribution in [0, 0.1) is 0 Å². The highest BCUT2D eigenvalue weighted by molar-refractivity contribution is 6.27. The molecule has 0 aliphatic rings. The molecule has 0 heterocycles. The van der Waals surface area contributed by atoms with Crippen LogP contribution in [0.5, 0.6) is 0 Å². The van der Waals surface area contributed by atoms with Crippen molar-refractivity contribution in [2.24, 2.45) is 0 Å². The Morgan fingerprint density at radius 3 is 2.36 bits per heavy atom. The minimum absolute atomic E-state index is 0.0179. The lowest BCUT2D eigenvalue weighted by molar-refractivity contribution is -0.116. The molecule has 0 aromatic carbocycles. The first-order valence-electron chi connectivity index (χ1n) is 4.39. The minimum Gasteiger partial charge on any atom is -0.444 e.